The average Bonchev–Trinajstić information content (AvgIpc) is 2.81. The van der Waals surface area contributed by atoms with Crippen molar-refractivity contribution < 1.29 is 14.7 Å². The number of aromatic nitrogens is 1. The summed E-state index contributed by atoms with van der Waals surface area (Å²) >= 11 is 0. The first kappa shape index (κ1) is 10.7. The predicted octanol–water partition coefficient (Wildman–Crippen LogP) is 1.09. The minimum Gasteiger partial charge on any atom is -0.480 e. The Morgan fingerprint density at radius 2 is 2.25 bits per heavy atom. The SMILES string of the molecule is O=C(O)C1CCCCN1C(=O)c1ccc[nH]1. The topological polar surface area (TPSA) is 73.4 Å². The number of carbonyl (C=O) groups is 2. The summed E-state index contributed by atoms with van der Waals surface area (Å²) in [5.74, 6) is -1.14. The largest absolute Gasteiger partial charge is 0.480 e. The van der Waals surface area contributed by atoms with Gasteiger partial charge in [0.25, 0.3) is 5.91 Å². The molecule has 0 aromatic carbocycles. The third-order valence-electron chi connectivity index (χ3n) is 2.88. The fourth-order valence-electron chi connectivity index (χ4n) is 2.05. The van der Waals surface area contributed by atoms with Crippen molar-refractivity contribution in [3.63, 3.8) is 0 Å². The van der Waals surface area contributed by atoms with Gasteiger partial charge in [-0.15, -0.1) is 0 Å². The zero-order chi connectivity index (χ0) is 11.5. The highest BCUT2D eigenvalue weighted by Gasteiger charge is 2.32. The highest BCUT2D eigenvalue weighted by Crippen LogP contribution is 2.19. The molecule has 1 aliphatic heterocycles. The number of aromatic amines is 1. The molecule has 2 N–H and O–H groups in total. The van der Waals surface area contributed by atoms with Crippen LogP contribution in [0, 0.1) is 0 Å². The van der Waals surface area contributed by atoms with Crippen LogP contribution in [0.15, 0.2) is 18.3 Å². The number of carbonyl (C=O) groups excluding carboxylic acids is 1. The van der Waals surface area contributed by atoms with E-state index in [0.29, 0.717) is 18.7 Å². The minimum absolute atomic E-state index is 0.225. The number of nitrogens with one attached hydrogen (secondary N) is 1. The maximum Gasteiger partial charge on any atom is 0.326 e. The number of piperidine rings is 1. The third kappa shape index (κ3) is 1.93. The molecule has 1 fully saturated rings. The minimum atomic E-state index is -0.917. The van der Waals surface area contributed by atoms with Gasteiger partial charge >= 0.3 is 5.97 Å². The molecule has 1 amide bonds. The Bertz CT molecular complexity index is 386. The number of amides is 1. The lowest BCUT2D eigenvalue weighted by Gasteiger charge is -2.32. The van der Waals surface area contributed by atoms with Crippen LogP contribution in [0.2, 0.25) is 0 Å². The van der Waals surface area contributed by atoms with Crippen LogP contribution in [0.1, 0.15) is 29.8 Å². The van der Waals surface area contributed by atoms with E-state index in [2.05, 4.69) is 4.98 Å². The number of carboxylic acid groups (broad SMARTS) is 1. The Labute approximate surface area is 93.1 Å². The molecule has 5 nitrogen and oxygen atoms in total. The van der Waals surface area contributed by atoms with Crippen LogP contribution in [0.25, 0.3) is 0 Å². The Morgan fingerprint density at radius 3 is 2.88 bits per heavy atom. The van der Waals surface area contributed by atoms with Gasteiger partial charge in [0.1, 0.15) is 11.7 Å². The summed E-state index contributed by atoms with van der Waals surface area (Å²) in [6.45, 7) is 0.523. The summed E-state index contributed by atoms with van der Waals surface area (Å²) < 4.78 is 0. The van der Waals surface area contributed by atoms with Gasteiger partial charge in [-0.3, -0.25) is 4.79 Å². The van der Waals surface area contributed by atoms with E-state index in [9.17, 15) is 9.59 Å². The molecule has 16 heavy (non-hydrogen) atoms. The van der Waals surface area contributed by atoms with Gasteiger partial charge in [0.05, 0.1) is 0 Å². The van der Waals surface area contributed by atoms with Crippen molar-refractivity contribution in [1.29, 1.82) is 0 Å². The highest BCUT2D eigenvalue weighted by atomic mass is 16.4. The van der Waals surface area contributed by atoms with Crippen molar-refractivity contribution in [1.82, 2.24) is 9.88 Å². The summed E-state index contributed by atoms with van der Waals surface area (Å²) in [6.07, 6.45) is 3.94. The van der Waals surface area contributed by atoms with Crippen LogP contribution in [-0.4, -0.2) is 39.5 Å². The molecule has 0 bridgehead atoms. The molecule has 1 aromatic heterocycles. The van der Waals surface area contributed by atoms with Crippen LogP contribution in [0.4, 0.5) is 0 Å². The van der Waals surface area contributed by atoms with Crippen LogP contribution in [0.3, 0.4) is 0 Å². The molecule has 86 valence electrons. The van der Waals surface area contributed by atoms with Gasteiger partial charge in [0.2, 0.25) is 0 Å². The molecule has 0 saturated carbocycles. The van der Waals surface area contributed by atoms with Gasteiger partial charge in [0.15, 0.2) is 0 Å². The van der Waals surface area contributed by atoms with E-state index >= 15 is 0 Å². The van der Waals surface area contributed by atoms with Crippen molar-refractivity contribution in [3.05, 3.63) is 24.0 Å². The first-order chi connectivity index (χ1) is 7.70. The van der Waals surface area contributed by atoms with E-state index in [0.717, 1.165) is 12.8 Å². The average molecular weight is 222 g/mol. The fourth-order valence-corrected chi connectivity index (χ4v) is 2.05. The second kappa shape index (κ2) is 4.38. The molecule has 1 aliphatic rings. The van der Waals surface area contributed by atoms with E-state index in [1.807, 2.05) is 0 Å². The first-order valence-corrected chi connectivity index (χ1v) is 5.37. The van der Waals surface area contributed by atoms with Crippen molar-refractivity contribution >= 4 is 11.9 Å². The maximum absolute atomic E-state index is 12.0. The lowest BCUT2D eigenvalue weighted by atomic mass is 10.0. The van der Waals surface area contributed by atoms with E-state index in [-0.39, 0.29) is 5.91 Å². The summed E-state index contributed by atoms with van der Waals surface area (Å²) in [7, 11) is 0. The van der Waals surface area contributed by atoms with Gasteiger partial charge in [-0.05, 0) is 31.4 Å². The van der Waals surface area contributed by atoms with Crippen LogP contribution >= 0.6 is 0 Å². The van der Waals surface area contributed by atoms with Crippen molar-refractivity contribution in [2.45, 2.75) is 25.3 Å². The Morgan fingerprint density at radius 1 is 1.44 bits per heavy atom. The summed E-state index contributed by atoms with van der Waals surface area (Å²) in [6, 6.07) is 2.72. The standard InChI is InChI=1S/C11H14N2O3/c14-10(8-4-3-6-12-8)13-7-2-1-5-9(13)11(15)16/h3-4,6,9,12H,1-2,5,7H2,(H,15,16). The number of hydrogen-bond donors (Lipinski definition) is 2. The molecule has 0 spiro atoms. The molecular formula is C11H14N2O3. The van der Waals surface area contributed by atoms with Gasteiger partial charge in [-0.2, -0.15) is 0 Å². The number of aliphatic carboxylic acids is 1. The normalized spacial score (nSPS) is 20.8. The molecule has 0 radical (unpaired) electrons. The Hall–Kier alpha value is -1.78. The number of rotatable bonds is 2. The van der Waals surface area contributed by atoms with E-state index < -0.39 is 12.0 Å². The van der Waals surface area contributed by atoms with Crippen molar-refractivity contribution in [2.24, 2.45) is 0 Å². The number of nitrogens with zero attached hydrogens (tertiary/aromatic N) is 1. The number of hydrogen-bond acceptors (Lipinski definition) is 2. The molecule has 1 atom stereocenters. The molecule has 1 saturated heterocycles. The van der Waals surface area contributed by atoms with Crippen molar-refractivity contribution in [3.8, 4) is 0 Å². The van der Waals surface area contributed by atoms with Gasteiger partial charge in [-0.1, -0.05) is 0 Å². The molecule has 5 heteroatoms. The van der Waals surface area contributed by atoms with Gasteiger partial charge < -0.3 is 15.0 Å². The molecule has 2 heterocycles. The molecule has 0 aliphatic carbocycles. The summed E-state index contributed by atoms with van der Waals surface area (Å²) in [5, 5.41) is 9.05. The molecule has 2 rings (SSSR count). The van der Waals surface area contributed by atoms with E-state index in [1.54, 1.807) is 18.3 Å². The molecule has 1 unspecified atom stereocenters. The van der Waals surface area contributed by atoms with Crippen LogP contribution < -0.4 is 0 Å². The quantitative estimate of drug-likeness (QED) is 0.786. The zero-order valence-corrected chi connectivity index (χ0v) is 8.85. The Kier molecular flexibility index (Phi) is 2.94. The number of carboxylic acids is 1. The lowest BCUT2D eigenvalue weighted by molar-refractivity contribution is -0.143. The van der Waals surface area contributed by atoms with Crippen LogP contribution in [-0.2, 0) is 4.79 Å². The molecular weight excluding hydrogens is 208 g/mol. The van der Waals surface area contributed by atoms with Gasteiger partial charge in [-0.25, -0.2) is 4.79 Å². The second-order valence-electron chi connectivity index (χ2n) is 3.93. The number of H-pyrrole nitrogens is 1. The maximum atomic E-state index is 12.0. The lowest BCUT2D eigenvalue weighted by Crippen LogP contribution is -2.48. The monoisotopic (exact) mass is 222 g/mol. The first-order valence-electron chi connectivity index (χ1n) is 5.37. The van der Waals surface area contributed by atoms with E-state index in [1.165, 1.54) is 4.90 Å². The second-order valence-corrected chi connectivity index (χ2v) is 3.93. The highest BCUT2D eigenvalue weighted by molar-refractivity contribution is 5.95. The summed E-state index contributed by atoms with van der Waals surface area (Å²) in [5.41, 5.74) is 0.452. The molecule has 1 aromatic rings. The Balaban J connectivity index is 2.17. The third-order valence-corrected chi connectivity index (χ3v) is 2.88. The number of likely N-dealkylation sites (tertiary alicyclic amines) is 1. The van der Waals surface area contributed by atoms with E-state index in [4.69, 9.17) is 5.11 Å². The van der Waals surface area contributed by atoms with Gasteiger partial charge in [0, 0.05) is 12.7 Å². The smallest absolute Gasteiger partial charge is 0.326 e. The zero-order valence-electron chi connectivity index (χ0n) is 8.85. The van der Waals surface area contributed by atoms with Crippen LogP contribution in [0.5, 0.6) is 0 Å². The predicted molar refractivity (Wildman–Crippen MR) is 57.1 cm³/mol. The summed E-state index contributed by atoms with van der Waals surface area (Å²) in [4.78, 5) is 27.3. The fraction of sp³-hybridized carbons (Fsp3) is 0.455. The van der Waals surface area contributed by atoms with Crippen molar-refractivity contribution in [2.75, 3.05) is 6.54 Å².